The molecule has 0 bridgehead atoms. The summed E-state index contributed by atoms with van der Waals surface area (Å²) in [6, 6.07) is 13.3. The minimum absolute atomic E-state index is 0.0901. The van der Waals surface area contributed by atoms with E-state index in [4.69, 9.17) is 11.6 Å². The van der Waals surface area contributed by atoms with Gasteiger partial charge in [0.05, 0.1) is 0 Å². The molecule has 3 nitrogen and oxygen atoms in total. The summed E-state index contributed by atoms with van der Waals surface area (Å²) in [5.41, 5.74) is 5.15. The summed E-state index contributed by atoms with van der Waals surface area (Å²) < 4.78 is 2.15. The van der Waals surface area contributed by atoms with E-state index in [1.165, 1.54) is 11.3 Å². The summed E-state index contributed by atoms with van der Waals surface area (Å²) in [6.07, 6.45) is 0. The van der Waals surface area contributed by atoms with E-state index in [0.29, 0.717) is 17.1 Å². The van der Waals surface area contributed by atoms with E-state index in [-0.39, 0.29) is 5.91 Å². The van der Waals surface area contributed by atoms with Crippen LogP contribution in [0.5, 0.6) is 0 Å². The molecule has 0 atom stereocenters. The Morgan fingerprint density at radius 1 is 1.17 bits per heavy atom. The highest BCUT2D eigenvalue weighted by molar-refractivity contribution is 6.31. The topological polar surface area (TPSA) is 34.0 Å². The quantitative estimate of drug-likeness (QED) is 0.761. The molecule has 0 aliphatic heterocycles. The highest BCUT2D eigenvalue weighted by Gasteiger charge is 2.12. The molecule has 118 valence electrons. The van der Waals surface area contributed by atoms with Crippen LogP contribution in [-0.4, -0.2) is 10.5 Å². The number of hydrogen-bond acceptors (Lipinski definition) is 1. The number of carbonyl (C=O) groups excluding carboxylic acids is 1. The van der Waals surface area contributed by atoms with Crippen LogP contribution in [0.15, 0.2) is 42.5 Å². The lowest BCUT2D eigenvalue weighted by Crippen LogP contribution is -2.22. The SMILES string of the molecule is Cc1c(C)n(C)c2ccc(C(=O)NCc3ccccc3Cl)cc12. The Hall–Kier alpha value is -2.26. The van der Waals surface area contributed by atoms with E-state index in [9.17, 15) is 4.79 Å². The number of nitrogens with one attached hydrogen (secondary N) is 1. The van der Waals surface area contributed by atoms with Crippen molar-refractivity contribution >= 4 is 28.4 Å². The van der Waals surface area contributed by atoms with E-state index >= 15 is 0 Å². The van der Waals surface area contributed by atoms with Crippen molar-refractivity contribution in [3.63, 3.8) is 0 Å². The zero-order valence-electron chi connectivity index (χ0n) is 13.5. The molecular formula is C19H19ClN2O. The Balaban J connectivity index is 1.84. The second kappa shape index (κ2) is 6.09. The molecule has 0 aliphatic rings. The lowest BCUT2D eigenvalue weighted by molar-refractivity contribution is 0.0951. The highest BCUT2D eigenvalue weighted by Crippen LogP contribution is 2.25. The van der Waals surface area contributed by atoms with Gasteiger partial charge in [0.15, 0.2) is 0 Å². The summed E-state index contributed by atoms with van der Waals surface area (Å²) in [5.74, 6) is -0.0901. The fourth-order valence-electron chi connectivity index (χ4n) is 2.82. The van der Waals surface area contributed by atoms with Gasteiger partial charge >= 0.3 is 0 Å². The van der Waals surface area contributed by atoms with Crippen LogP contribution in [-0.2, 0) is 13.6 Å². The maximum Gasteiger partial charge on any atom is 0.251 e. The zero-order chi connectivity index (χ0) is 16.6. The first-order chi connectivity index (χ1) is 11.0. The van der Waals surface area contributed by atoms with Crippen LogP contribution in [0.3, 0.4) is 0 Å². The number of nitrogens with zero attached hydrogens (tertiary/aromatic N) is 1. The molecule has 1 heterocycles. The van der Waals surface area contributed by atoms with Crippen molar-refractivity contribution in [2.75, 3.05) is 0 Å². The van der Waals surface area contributed by atoms with Gasteiger partial charge in [-0.2, -0.15) is 0 Å². The number of carbonyl (C=O) groups is 1. The molecule has 1 amide bonds. The lowest BCUT2D eigenvalue weighted by atomic mass is 10.1. The molecule has 1 aromatic heterocycles. The summed E-state index contributed by atoms with van der Waals surface area (Å²) in [6.45, 7) is 4.60. The van der Waals surface area contributed by atoms with Gasteiger partial charge in [0, 0.05) is 40.8 Å². The fraction of sp³-hybridized carbons (Fsp3) is 0.211. The van der Waals surface area contributed by atoms with E-state index < -0.39 is 0 Å². The van der Waals surface area contributed by atoms with Gasteiger partial charge in [0.25, 0.3) is 5.91 Å². The average Bonchev–Trinajstić information content (AvgIpc) is 2.78. The molecule has 0 spiro atoms. The molecule has 0 fully saturated rings. The molecule has 0 saturated heterocycles. The molecule has 0 aliphatic carbocycles. The number of aryl methyl sites for hydroxylation is 2. The van der Waals surface area contributed by atoms with Crippen molar-refractivity contribution in [1.82, 2.24) is 9.88 Å². The van der Waals surface area contributed by atoms with Gasteiger partial charge in [-0.1, -0.05) is 29.8 Å². The van der Waals surface area contributed by atoms with Crippen molar-refractivity contribution in [2.45, 2.75) is 20.4 Å². The molecule has 0 saturated carbocycles. The predicted molar refractivity (Wildman–Crippen MR) is 95.0 cm³/mol. The largest absolute Gasteiger partial charge is 0.348 e. The van der Waals surface area contributed by atoms with Crippen molar-refractivity contribution in [3.8, 4) is 0 Å². The maximum atomic E-state index is 12.4. The third-order valence-corrected chi connectivity index (χ3v) is 4.84. The van der Waals surface area contributed by atoms with Gasteiger partial charge in [-0.15, -0.1) is 0 Å². The second-order valence-electron chi connectivity index (χ2n) is 5.78. The molecule has 0 radical (unpaired) electrons. The number of amides is 1. The smallest absolute Gasteiger partial charge is 0.251 e. The maximum absolute atomic E-state index is 12.4. The van der Waals surface area contributed by atoms with Gasteiger partial charge < -0.3 is 9.88 Å². The van der Waals surface area contributed by atoms with Gasteiger partial charge in [-0.3, -0.25) is 4.79 Å². The predicted octanol–water partition coefficient (Wildman–Crippen LogP) is 4.38. The molecule has 0 unspecified atom stereocenters. The van der Waals surface area contributed by atoms with Crippen LogP contribution in [0, 0.1) is 13.8 Å². The zero-order valence-corrected chi connectivity index (χ0v) is 14.2. The summed E-state index contributed by atoms with van der Waals surface area (Å²) in [7, 11) is 2.04. The van der Waals surface area contributed by atoms with Crippen LogP contribution < -0.4 is 5.32 Å². The Kier molecular flexibility index (Phi) is 4.14. The first-order valence-corrected chi connectivity index (χ1v) is 7.94. The van der Waals surface area contributed by atoms with Crippen molar-refractivity contribution in [2.24, 2.45) is 7.05 Å². The lowest BCUT2D eigenvalue weighted by Gasteiger charge is -2.07. The minimum Gasteiger partial charge on any atom is -0.348 e. The Bertz CT molecular complexity index is 896. The van der Waals surface area contributed by atoms with Gasteiger partial charge in [0.2, 0.25) is 0 Å². The Morgan fingerprint density at radius 2 is 1.91 bits per heavy atom. The van der Waals surface area contributed by atoms with Gasteiger partial charge in [-0.05, 0) is 49.2 Å². The minimum atomic E-state index is -0.0901. The molecule has 23 heavy (non-hydrogen) atoms. The molecule has 1 N–H and O–H groups in total. The first kappa shape index (κ1) is 15.6. The van der Waals surface area contributed by atoms with Crippen LogP contribution in [0.1, 0.15) is 27.2 Å². The van der Waals surface area contributed by atoms with Crippen molar-refractivity contribution in [3.05, 3.63) is 69.9 Å². The molecule has 3 rings (SSSR count). The third-order valence-electron chi connectivity index (χ3n) is 4.47. The number of fused-ring (bicyclic) bond motifs is 1. The molecule has 4 heteroatoms. The number of hydrogen-bond donors (Lipinski definition) is 1. The Labute approximate surface area is 140 Å². The third kappa shape index (κ3) is 2.84. The number of rotatable bonds is 3. The van der Waals surface area contributed by atoms with Gasteiger partial charge in [-0.25, -0.2) is 0 Å². The molecule has 2 aromatic carbocycles. The second-order valence-corrected chi connectivity index (χ2v) is 6.18. The monoisotopic (exact) mass is 326 g/mol. The summed E-state index contributed by atoms with van der Waals surface area (Å²) >= 11 is 6.12. The summed E-state index contributed by atoms with van der Waals surface area (Å²) in [4.78, 5) is 12.4. The van der Waals surface area contributed by atoms with Crippen molar-refractivity contribution in [1.29, 1.82) is 0 Å². The molecular weight excluding hydrogens is 308 g/mol. The van der Waals surface area contributed by atoms with Crippen LogP contribution in [0.4, 0.5) is 0 Å². The van der Waals surface area contributed by atoms with Crippen molar-refractivity contribution < 1.29 is 4.79 Å². The van der Waals surface area contributed by atoms with E-state index in [0.717, 1.165) is 16.5 Å². The van der Waals surface area contributed by atoms with Crippen LogP contribution in [0.25, 0.3) is 10.9 Å². The fourth-order valence-corrected chi connectivity index (χ4v) is 3.02. The Morgan fingerprint density at radius 3 is 2.65 bits per heavy atom. The number of halogens is 1. The number of aromatic nitrogens is 1. The van der Waals surface area contributed by atoms with E-state index in [2.05, 4.69) is 23.7 Å². The normalized spacial score (nSPS) is 11.0. The highest BCUT2D eigenvalue weighted by atomic mass is 35.5. The summed E-state index contributed by atoms with van der Waals surface area (Å²) in [5, 5.41) is 4.72. The number of benzene rings is 2. The first-order valence-electron chi connectivity index (χ1n) is 7.56. The molecule has 3 aromatic rings. The van der Waals surface area contributed by atoms with Crippen LogP contribution >= 0.6 is 11.6 Å². The van der Waals surface area contributed by atoms with E-state index in [1.54, 1.807) is 0 Å². The van der Waals surface area contributed by atoms with E-state index in [1.807, 2.05) is 49.5 Å². The average molecular weight is 327 g/mol. The van der Waals surface area contributed by atoms with Crippen LogP contribution in [0.2, 0.25) is 5.02 Å². The van der Waals surface area contributed by atoms with Gasteiger partial charge in [0.1, 0.15) is 0 Å². The standard InChI is InChI=1S/C19H19ClN2O/c1-12-13(2)22(3)18-9-8-14(10-16(12)18)19(23)21-11-15-6-4-5-7-17(15)20/h4-10H,11H2,1-3H3,(H,21,23).